The van der Waals surface area contributed by atoms with E-state index in [0.29, 0.717) is 31.5 Å². The van der Waals surface area contributed by atoms with Crippen LogP contribution in [0.4, 0.5) is 0 Å². The lowest BCUT2D eigenvalue weighted by molar-refractivity contribution is -0.143. The topological polar surface area (TPSA) is 107 Å². The predicted molar refractivity (Wildman–Crippen MR) is 152 cm³/mol. The minimum absolute atomic E-state index is 0.0123. The molecule has 2 aromatic carbocycles. The number of benzene rings is 2. The second-order valence-electron chi connectivity index (χ2n) is 11.1. The van der Waals surface area contributed by atoms with Gasteiger partial charge in [0.05, 0.1) is 11.4 Å². The molecule has 2 atom stereocenters. The van der Waals surface area contributed by atoms with Gasteiger partial charge in [-0.1, -0.05) is 30.3 Å². The maximum Gasteiger partial charge on any atom is 0.242 e. The normalized spacial score (nSPS) is 22.2. The first-order valence-corrected chi connectivity index (χ1v) is 15.7. The SMILES string of the molecule is CC(=O)c1cccc(-c2ccc(S(=O)(=O)NC3CCCN(CC(=O)N4CCCC4CN4CCCC4)C3=O)cc2)c1. The number of sulfonamides is 1. The number of Topliss-reactive ketones (excluding diaryl/α,β-unsaturated/α-hetero) is 1. The molecule has 3 heterocycles. The summed E-state index contributed by atoms with van der Waals surface area (Å²) in [6.07, 6.45) is 5.38. The molecule has 0 radical (unpaired) electrons. The standard InChI is InChI=1S/C30H38N4O5S/c1-22(35)24-7-4-8-25(19-24)23-11-13-27(14-12-23)40(38,39)31-28-10-6-17-33(30(28)37)21-29(36)34-18-5-9-26(34)20-32-15-2-3-16-32/h4,7-8,11-14,19,26,28,31H,2-3,5-6,9-10,15-18,20-21H2,1H3. The second-order valence-corrected chi connectivity index (χ2v) is 12.8. The van der Waals surface area contributed by atoms with Crippen molar-refractivity contribution in [1.29, 1.82) is 0 Å². The van der Waals surface area contributed by atoms with Gasteiger partial charge in [0.15, 0.2) is 5.78 Å². The zero-order chi connectivity index (χ0) is 28.3. The summed E-state index contributed by atoms with van der Waals surface area (Å²) < 4.78 is 28.9. The Morgan fingerprint density at radius 1 is 0.900 bits per heavy atom. The number of hydrogen-bond donors (Lipinski definition) is 1. The number of rotatable bonds is 9. The van der Waals surface area contributed by atoms with E-state index in [1.54, 1.807) is 30.3 Å². The van der Waals surface area contributed by atoms with E-state index in [1.165, 1.54) is 36.8 Å². The van der Waals surface area contributed by atoms with Crippen LogP contribution in [0, 0.1) is 0 Å². The maximum atomic E-state index is 13.3. The third-order valence-corrected chi connectivity index (χ3v) is 9.77. The van der Waals surface area contributed by atoms with E-state index < -0.39 is 16.1 Å². The zero-order valence-electron chi connectivity index (χ0n) is 23.0. The molecular formula is C30H38N4O5S. The van der Waals surface area contributed by atoms with E-state index in [0.717, 1.165) is 43.6 Å². The minimum atomic E-state index is -3.96. The average molecular weight is 567 g/mol. The highest BCUT2D eigenvalue weighted by Crippen LogP contribution is 2.24. The van der Waals surface area contributed by atoms with Gasteiger partial charge in [-0.3, -0.25) is 14.4 Å². The highest BCUT2D eigenvalue weighted by molar-refractivity contribution is 7.89. The molecule has 3 aliphatic heterocycles. The molecule has 3 saturated heterocycles. The molecule has 2 amide bonds. The van der Waals surface area contributed by atoms with Gasteiger partial charge in [-0.25, -0.2) is 8.42 Å². The molecule has 0 aliphatic carbocycles. The lowest BCUT2D eigenvalue weighted by Crippen LogP contribution is -2.55. The number of amides is 2. The Morgan fingerprint density at radius 3 is 2.35 bits per heavy atom. The van der Waals surface area contributed by atoms with Crippen molar-refractivity contribution in [2.24, 2.45) is 0 Å². The molecule has 0 bridgehead atoms. The van der Waals surface area contributed by atoms with Gasteiger partial charge in [0.1, 0.15) is 6.04 Å². The van der Waals surface area contributed by atoms with E-state index in [1.807, 2.05) is 11.0 Å². The van der Waals surface area contributed by atoms with Gasteiger partial charge in [0.2, 0.25) is 21.8 Å². The fraction of sp³-hybridized carbons (Fsp3) is 0.500. The highest BCUT2D eigenvalue weighted by atomic mass is 32.2. The van der Waals surface area contributed by atoms with Crippen LogP contribution < -0.4 is 4.72 Å². The van der Waals surface area contributed by atoms with Crippen molar-refractivity contribution in [3.8, 4) is 11.1 Å². The van der Waals surface area contributed by atoms with Gasteiger partial charge in [0.25, 0.3) is 0 Å². The van der Waals surface area contributed by atoms with Crippen LogP contribution in [0.1, 0.15) is 55.8 Å². The van der Waals surface area contributed by atoms with Crippen molar-refractivity contribution in [1.82, 2.24) is 19.4 Å². The molecule has 10 heteroatoms. The molecule has 3 aliphatic rings. The smallest absolute Gasteiger partial charge is 0.242 e. The molecule has 40 heavy (non-hydrogen) atoms. The molecule has 2 unspecified atom stereocenters. The van der Waals surface area contributed by atoms with Gasteiger partial charge >= 0.3 is 0 Å². The minimum Gasteiger partial charge on any atom is -0.337 e. The molecule has 2 aromatic rings. The summed E-state index contributed by atoms with van der Waals surface area (Å²) in [6.45, 7) is 5.71. The van der Waals surface area contributed by atoms with Gasteiger partial charge in [-0.15, -0.1) is 0 Å². The van der Waals surface area contributed by atoms with Crippen molar-refractivity contribution < 1.29 is 22.8 Å². The fourth-order valence-electron chi connectivity index (χ4n) is 6.08. The van der Waals surface area contributed by atoms with Crippen molar-refractivity contribution in [2.45, 2.75) is 62.4 Å². The van der Waals surface area contributed by atoms with E-state index in [4.69, 9.17) is 0 Å². The van der Waals surface area contributed by atoms with E-state index >= 15 is 0 Å². The first-order chi connectivity index (χ1) is 19.2. The van der Waals surface area contributed by atoms with Gasteiger partial charge in [-0.05, 0) is 87.9 Å². The van der Waals surface area contributed by atoms with E-state index in [2.05, 4.69) is 9.62 Å². The third-order valence-electron chi connectivity index (χ3n) is 8.29. The van der Waals surface area contributed by atoms with Crippen molar-refractivity contribution in [2.75, 3.05) is 39.3 Å². The lowest BCUT2D eigenvalue weighted by atomic mass is 10.0. The quantitative estimate of drug-likeness (QED) is 0.468. The first-order valence-electron chi connectivity index (χ1n) is 14.3. The van der Waals surface area contributed by atoms with Crippen molar-refractivity contribution >= 4 is 27.6 Å². The van der Waals surface area contributed by atoms with Crippen LogP contribution in [-0.4, -0.2) is 92.1 Å². The molecule has 0 aromatic heterocycles. The highest BCUT2D eigenvalue weighted by Gasteiger charge is 2.36. The van der Waals surface area contributed by atoms with E-state index in [9.17, 15) is 22.8 Å². The number of nitrogens with zero attached hydrogens (tertiary/aromatic N) is 3. The predicted octanol–water partition coefficient (Wildman–Crippen LogP) is 2.91. The summed E-state index contributed by atoms with van der Waals surface area (Å²) in [7, 11) is -3.96. The molecule has 5 rings (SSSR count). The number of carbonyl (C=O) groups excluding carboxylic acids is 3. The van der Waals surface area contributed by atoms with Crippen LogP contribution in [0.25, 0.3) is 11.1 Å². The number of piperidine rings is 1. The molecule has 214 valence electrons. The van der Waals surface area contributed by atoms with Crippen LogP contribution in [0.15, 0.2) is 53.4 Å². The Labute approximate surface area is 236 Å². The summed E-state index contributed by atoms with van der Waals surface area (Å²) in [6, 6.07) is 12.8. The van der Waals surface area contributed by atoms with Crippen LogP contribution in [0.2, 0.25) is 0 Å². The van der Waals surface area contributed by atoms with Gasteiger partial charge < -0.3 is 14.7 Å². The molecule has 0 saturated carbocycles. The lowest BCUT2D eigenvalue weighted by Gasteiger charge is -2.34. The fourth-order valence-corrected chi connectivity index (χ4v) is 7.30. The monoisotopic (exact) mass is 566 g/mol. The number of ketones is 1. The van der Waals surface area contributed by atoms with Crippen molar-refractivity contribution in [3.05, 3.63) is 54.1 Å². The summed E-state index contributed by atoms with van der Waals surface area (Å²) in [5.41, 5.74) is 2.18. The van der Waals surface area contributed by atoms with Crippen LogP contribution >= 0.6 is 0 Å². The largest absolute Gasteiger partial charge is 0.337 e. The molecule has 1 N–H and O–H groups in total. The summed E-state index contributed by atoms with van der Waals surface area (Å²) >= 11 is 0. The first kappa shape index (κ1) is 28.4. The Balaban J connectivity index is 1.21. The van der Waals surface area contributed by atoms with Crippen LogP contribution in [-0.2, 0) is 19.6 Å². The second kappa shape index (κ2) is 12.2. The van der Waals surface area contributed by atoms with Gasteiger partial charge in [0, 0.05) is 31.2 Å². The Hall–Kier alpha value is -3.08. The van der Waals surface area contributed by atoms with Gasteiger partial charge in [-0.2, -0.15) is 4.72 Å². The zero-order valence-corrected chi connectivity index (χ0v) is 23.9. The maximum absolute atomic E-state index is 13.3. The molecule has 3 fully saturated rings. The van der Waals surface area contributed by atoms with E-state index in [-0.39, 0.29) is 35.1 Å². The summed E-state index contributed by atoms with van der Waals surface area (Å²) in [4.78, 5) is 44.1. The Kier molecular flexibility index (Phi) is 8.68. The summed E-state index contributed by atoms with van der Waals surface area (Å²) in [5, 5.41) is 0. The third kappa shape index (κ3) is 6.45. The number of carbonyl (C=O) groups is 3. The molecule has 9 nitrogen and oxygen atoms in total. The Bertz CT molecular complexity index is 1350. The average Bonchev–Trinajstić information content (AvgIpc) is 3.64. The van der Waals surface area contributed by atoms with Crippen LogP contribution in [0.3, 0.4) is 0 Å². The van der Waals surface area contributed by atoms with Crippen molar-refractivity contribution in [3.63, 3.8) is 0 Å². The summed E-state index contributed by atoms with van der Waals surface area (Å²) in [5.74, 6) is -0.445. The molecular weight excluding hydrogens is 528 g/mol. The number of hydrogen-bond acceptors (Lipinski definition) is 6. The number of nitrogens with one attached hydrogen (secondary N) is 1. The Morgan fingerprint density at radius 2 is 1.62 bits per heavy atom. The number of likely N-dealkylation sites (tertiary alicyclic amines) is 3. The molecule has 0 spiro atoms. The van der Waals surface area contributed by atoms with Crippen LogP contribution in [0.5, 0.6) is 0 Å².